The van der Waals surface area contributed by atoms with Crippen LogP contribution in [0.25, 0.3) is 6.08 Å². The van der Waals surface area contributed by atoms with Crippen molar-refractivity contribution in [1.29, 1.82) is 0 Å². The highest BCUT2D eigenvalue weighted by Gasteiger charge is 2.02. The van der Waals surface area contributed by atoms with Crippen molar-refractivity contribution in [2.75, 3.05) is 0 Å². The second-order valence-corrected chi connectivity index (χ2v) is 2.65. The van der Waals surface area contributed by atoms with E-state index in [1.807, 2.05) is 0 Å². The summed E-state index contributed by atoms with van der Waals surface area (Å²) in [5, 5.41) is 10.3. The lowest BCUT2D eigenvalue weighted by Gasteiger charge is -1.91. The summed E-state index contributed by atoms with van der Waals surface area (Å²) in [7, 11) is 0. The van der Waals surface area contributed by atoms with Crippen molar-refractivity contribution in [3.05, 3.63) is 34.3 Å². The molecule has 12 heavy (non-hydrogen) atoms. The standard InChI is InChI=1S/C9H7NO2/c11-5-6-1-2-7-4-9(12)10-8(7)3-6/h1-4,11H,5H2. The zero-order chi connectivity index (χ0) is 8.55. The number of hydrogen-bond acceptors (Lipinski definition) is 2. The maximum Gasteiger partial charge on any atom is 0.270 e. The fourth-order valence-electron chi connectivity index (χ4n) is 1.19. The van der Waals surface area contributed by atoms with E-state index in [9.17, 15) is 4.79 Å². The van der Waals surface area contributed by atoms with E-state index in [2.05, 4.69) is 4.99 Å². The molecule has 0 unspecified atom stereocenters. The molecular formula is C9H7NO2. The number of benzene rings is 1. The van der Waals surface area contributed by atoms with E-state index >= 15 is 0 Å². The van der Waals surface area contributed by atoms with Crippen LogP contribution in [-0.4, -0.2) is 11.0 Å². The number of carbonyl (C=O) groups is 1. The molecule has 2 rings (SSSR count). The van der Waals surface area contributed by atoms with Crippen LogP contribution in [0.1, 0.15) is 5.56 Å². The summed E-state index contributed by atoms with van der Waals surface area (Å²) in [4.78, 5) is 14.6. The summed E-state index contributed by atoms with van der Waals surface area (Å²) in [6.07, 6.45) is 1.48. The molecule has 0 aromatic heterocycles. The molecule has 60 valence electrons. The average Bonchev–Trinajstić information content (AvgIpc) is 2.43. The Kier molecular flexibility index (Phi) is 1.52. The third-order valence-corrected chi connectivity index (χ3v) is 1.79. The van der Waals surface area contributed by atoms with E-state index < -0.39 is 0 Å². The second-order valence-electron chi connectivity index (χ2n) is 2.65. The molecule has 3 nitrogen and oxygen atoms in total. The van der Waals surface area contributed by atoms with Gasteiger partial charge in [0.25, 0.3) is 5.91 Å². The van der Waals surface area contributed by atoms with Gasteiger partial charge in [0, 0.05) is 11.3 Å². The fraction of sp³-hybridized carbons (Fsp3) is 0.111. The predicted octanol–water partition coefficient (Wildman–Crippen LogP) is -0.881. The Morgan fingerprint density at radius 2 is 2.25 bits per heavy atom. The number of nitrogens with zero attached hydrogens (tertiary/aromatic N) is 1. The number of rotatable bonds is 1. The first-order valence-electron chi connectivity index (χ1n) is 3.64. The van der Waals surface area contributed by atoms with Gasteiger partial charge in [-0.1, -0.05) is 12.1 Å². The highest BCUT2D eigenvalue weighted by Crippen LogP contribution is 1.92. The van der Waals surface area contributed by atoms with E-state index in [-0.39, 0.29) is 12.5 Å². The lowest BCUT2D eigenvalue weighted by atomic mass is 10.2. The molecule has 1 aliphatic heterocycles. The van der Waals surface area contributed by atoms with Crippen molar-refractivity contribution >= 4 is 12.0 Å². The van der Waals surface area contributed by atoms with Crippen LogP contribution >= 0.6 is 0 Å². The summed E-state index contributed by atoms with van der Waals surface area (Å²) in [5.41, 5.74) is 0.778. The first-order valence-corrected chi connectivity index (χ1v) is 3.64. The van der Waals surface area contributed by atoms with E-state index in [1.165, 1.54) is 6.08 Å². The lowest BCUT2D eigenvalue weighted by molar-refractivity contribution is -0.112. The van der Waals surface area contributed by atoms with Gasteiger partial charge in [0.05, 0.1) is 12.0 Å². The molecular weight excluding hydrogens is 154 g/mol. The highest BCUT2D eigenvalue weighted by atomic mass is 16.3. The van der Waals surface area contributed by atoms with Gasteiger partial charge < -0.3 is 5.11 Å². The summed E-state index contributed by atoms with van der Waals surface area (Å²) in [6, 6.07) is 5.29. The topological polar surface area (TPSA) is 49.7 Å². The van der Waals surface area contributed by atoms with Gasteiger partial charge >= 0.3 is 0 Å². The second kappa shape index (κ2) is 2.53. The van der Waals surface area contributed by atoms with Gasteiger partial charge in [-0.3, -0.25) is 4.79 Å². The number of hydrogen-bond donors (Lipinski definition) is 1. The first kappa shape index (κ1) is 7.18. The Morgan fingerprint density at radius 3 is 3.00 bits per heavy atom. The summed E-state index contributed by atoms with van der Waals surface area (Å²) < 4.78 is 0. The zero-order valence-corrected chi connectivity index (χ0v) is 6.32. The minimum Gasteiger partial charge on any atom is -0.392 e. The van der Waals surface area contributed by atoms with Gasteiger partial charge in [0.2, 0.25) is 0 Å². The van der Waals surface area contributed by atoms with E-state index in [4.69, 9.17) is 5.11 Å². The lowest BCUT2D eigenvalue weighted by Crippen LogP contribution is -2.21. The number of carbonyl (C=O) groups excluding carboxylic acids is 1. The molecule has 0 radical (unpaired) electrons. The maximum atomic E-state index is 10.8. The Balaban J connectivity index is 2.72. The van der Waals surface area contributed by atoms with Crippen LogP contribution in [0.4, 0.5) is 0 Å². The number of amides is 1. The molecule has 0 atom stereocenters. The smallest absolute Gasteiger partial charge is 0.270 e. The van der Waals surface area contributed by atoms with Crippen LogP contribution in [-0.2, 0) is 11.4 Å². The van der Waals surface area contributed by atoms with Gasteiger partial charge in [-0.15, -0.1) is 0 Å². The van der Waals surface area contributed by atoms with Crippen LogP contribution in [0.5, 0.6) is 0 Å². The molecule has 1 aliphatic rings. The van der Waals surface area contributed by atoms with Crippen LogP contribution in [0.3, 0.4) is 0 Å². The molecule has 0 aliphatic carbocycles. The Hall–Kier alpha value is -1.48. The Bertz CT molecular complexity index is 448. The number of aliphatic hydroxyl groups is 1. The van der Waals surface area contributed by atoms with Gasteiger partial charge in [0.15, 0.2) is 0 Å². The maximum absolute atomic E-state index is 10.8. The largest absolute Gasteiger partial charge is 0.392 e. The molecule has 1 aromatic rings. The monoisotopic (exact) mass is 161 g/mol. The molecule has 0 saturated heterocycles. The molecule has 1 N–H and O–H groups in total. The Labute approximate surface area is 68.7 Å². The number of aliphatic hydroxyl groups excluding tert-OH is 1. The van der Waals surface area contributed by atoms with Crippen molar-refractivity contribution in [3.63, 3.8) is 0 Å². The molecule has 1 amide bonds. The van der Waals surface area contributed by atoms with Crippen LogP contribution in [0, 0.1) is 0 Å². The number of fused-ring (bicyclic) bond motifs is 1. The van der Waals surface area contributed by atoms with E-state index in [0.29, 0.717) is 5.36 Å². The van der Waals surface area contributed by atoms with Crippen LogP contribution in [0.15, 0.2) is 23.2 Å². The molecule has 1 aromatic carbocycles. The predicted molar refractivity (Wildman–Crippen MR) is 42.6 cm³/mol. The third-order valence-electron chi connectivity index (χ3n) is 1.79. The van der Waals surface area contributed by atoms with Crippen molar-refractivity contribution in [3.8, 4) is 0 Å². The molecule has 0 bridgehead atoms. The molecule has 0 spiro atoms. The quantitative estimate of drug-likeness (QED) is 0.581. The minimum atomic E-state index is -0.222. The summed E-state index contributed by atoms with van der Waals surface area (Å²) >= 11 is 0. The van der Waals surface area contributed by atoms with E-state index in [1.54, 1.807) is 18.2 Å². The normalized spacial score (nSPS) is 13.6. The van der Waals surface area contributed by atoms with Gasteiger partial charge in [-0.2, -0.15) is 0 Å². The van der Waals surface area contributed by atoms with Crippen LogP contribution in [0.2, 0.25) is 0 Å². The molecule has 0 saturated carbocycles. The molecule has 1 heterocycles. The van der Waals surface area contributed by atoms with E-state index in [0.717, 1.165) is 10.8 Å². The first-order chi connectivity index (χ1) is 5.79. The average molecular weight is 161 g/mol. The highest BCUT2D eigenvalue weighted by molar-refractivity contribution is 6.06. The molecule has 0 fully saturated rings. The van der Waals surface area contributed by atoms with Crippen LogP contribution < -0.4 is 10.6 Å². The van der Waals surface area contributed by atoms with Crippen molar-refractivity contribution in [2.24, 2.45) is 4.99 Å². The minimum absolute atomic E-state index is 0.0169. The van der Waals surface area contributed by atoms with Gasteiger partial charge in [0.1, 0.15) is 0 Å². The summed E-state index contributed by atoms with van der Waals surface area (Å²) in [6.45, 7) is -0.0169. The third kappa shape index (κ3) is 1.04. The Morgan fingerprint density at radius 1 is 1.42 bits per heavy atom. The SMILES string of the molecule is O=C1C=c2ccc(CO)cc2=N1. The van der Waals surface area contributed by atoms with Gasteiger partial charge in [-0.05, 0) is 11.6 Å². The summed E-state index contributed by atoms with van der Waals surface area (Å²) in [5.74, 6) is -0.222. The van der Waals surface area contributed by atoms with Crippen molar-refractivity contribution in [2.45, 2.75) is 6.61 Å². The van der Waals surface area contributed by atoms with Gasteiger partial charge in [-0.25, -0.2) is 4.99 Å². The van der Waals surface area contributed by atoms with Crippen molar-refractivity contribution < 1.29 is 9.90 Å². The zero-order valence-electron chi connectivity index (χ0n) is 6.32. The van der Waals surface area contributed by atoms with Crippen molar-refractivity contribution in [1.82, 2.24) is 0 Å². The fourth-order valence-corrected chi connectivity index (χ4v) is 1.19. The molecule has 3 heteroatoms.